The zero-order valence-corrected chi connectivity index (χ0v) is 14.7. The highest BCUT2D eigenvalue weighted by atomic mass is 35.5. The molecule has 0 spiro atoms. The molecule has 1 amide bonds. The molecule has 4 nitrogen and oxygen atoms in total. The maximum Gasteiger partial charge on any atom is 0.271 e. The lowest BCUT2D eigenvalue weighted by atomic mass is 10.1. The van der Waals surface area contributed by atoms with E-state index in [1.54, 1.807) is 18.2 Å². The van der Waals surface area contributed by atoms with Gasteiger partial charge in [0.15, 0.2) is 0 Å². The molecule has 5 heteroatoms. The van der Waals surface area contributed by atoms with Gasteiger partial charge in [-0.25, -0.2) is 5.43 Å². The van der Waals surface area contributed by atoms with Crippen LogP contribution in [0.2, 0.25) is 5.02 Å². The highest BCUT2D eigenvalue weighted by Gasteiger charge is 2.04. The maximum atomic E-state index is 12.1. The van der Waals surface area contributed by atoms with Crippen LogP contribution in [-0.2, 0) is 6.61 Å². The molecule has 3 aromatic carbocycles. The standard InChI is InChI=1S/C21H17ClN2O2/c22-20-9-5-4-6-18(20)14-23-24-21(25)17-12-10-16(11-13-17)15-26-19-7-2-1-3-8-19/h1-14H,15H2,(H,24,25)/b23-14-. The Hall–Kier alpha value is -3.11. The van der Waals surface area contributed by atoms with Crippen molar-refractivity contribution in [1.29, 1.82) is 0 Å². The van der Waals surface area contributed by atoms with Crippen molar-refractivity contribution in [3.05, 3.63) is 101 Å². The van der Waals surface area contributed by atoms with E-state index in [0.29, 0.717) is 17.2 Å². The van der Waals surface area contributed by atoms with E-state index < -0.39 is 0 Å². The second-order valence-electron chi connectivity index (χ2n) is 5.52. The molecule has 0 saturated heterocycles. The Balaban J connectivity index is 1.54. The lowest BCUT2D eigenvalue weighted by Crippen LogP contribution is -2.17. The Labute approximate surface area is 157 Å². The summed E-state index contributed by atoms with van der Waals surface area (Å²) in [5.74, 6) is 0.520. The van der Waals surface area contributed by atoms with E-state index >= 15 is 0 Å². The van der Waals surface area contributed by atoms with Crippen LogP contribution < -0.4 is 10.2 Å². The Morgan fingerprint density at radius 1 is 0.962 bits per heavy atom. The zero-order valence-electron chi connectivity index (χ0n) is 13.9. The number of hydrogen-bond donors (Lipinski definition) is 1. The molecule has 1 N–H and O–H groups in total. The number of carbonyl (C=O) groups is 1. The van der Waals surface area contributed by atoms with Gasteiger partial charge in [-0.15, -0.1) is 0 Å². The number of carbonyl (C=O) groups excluding carboxylic acids is 1. The molecule has 0 radical (unpaired) electrons. The van der Waals surface area contributed by atoms with Crippen molar-refractivity contribution in [2.45, 2.75) is 6.61 Å². The summed E-state index contributed by atoms with van der Waals surface area (Å²) < 4.78 is 5.68. The first-order valence-electron chi connectivity index (χ1n) is 8.07. The van der Waals surface area contributed by atoms with E-state index in [4.69, 9.17) is 16.3 Å². The van der Waals surface area contributed by atoms with Crippen LogP contribution in [0.4, 0.5) is 0 Å². The lowest BCUT2D eigenvalue weighted by molar-refractivity contribution is 0.0955. The Kier molecular flexibility index (Phi) is 6.01. The normalized spacial score (nSPS) is 10.7. The molecule has 0 atom stereocenters. The molecule has 0 bridgehead atoms. The van der Waals surface area contributed by atoms with Crippen molar-refractivity contribution in [1.82, 2.24) is 5.43 Å². The van der Waals surface area contributed by atoms with Gasteiger partial charge in [-0.05, 0) is 35.9 Å². The van der Waals surface area contributed by atoms with Gasteiger partial charge in [-0.2, -0.15) is 5.10 Å². The summed E-state index contributed by atoms with van der Waals surface area (Å²) >= 11 is 6.03. The third kappa shape index (κ3) is 4.94. The molecule has 0 aromatic heterocycles. The first kappa shape index (κ1) is 17.7. The summed E-state index contributed by atoms with van der Waals surface area (Å²) in [6.07, 6.45) is 1.52. The lowest BCUT2D eigenvalue weighted by Gasteiger charge is -2.06. The number of benzene rings is 3. The van der Waals surface area contributed by atoms with Crippen LogP contribution in [0.15, 0.2) is 84.0 Å². The Morgan fingerprint density at radius 2 is 1.65 bits per heavy atom. The number of ether oxygens (including phenoxy) is 1. The highest BCUT2D eigenvalue weighted by molar-refractivity contribution is 6.33. The van der Waals surface area contributed by atoms with Gasteiger partial charge in [0, 0.05) is 16.1 Å². The summed E-state index contributed by atoms with van der Waals surface area (Å²) in [6, 6.07) is 24.1. The largest absolute Gasteiger partial charge is 0.489 e. The van der Waals surface area contributed by atoms with Crippen LogP contribution in [0.1, 0.15) is 21.5 Å². The quantitative estimate of drug-likeness (QED) is 0.510. The molecule has 0 aliphatic heterocycles. The number of hydrogen-bond acceptors (Lipinski definition) is 3. The molecule has 0 unspecified atom stereocenters. The zero-order chi connectivity index (χ0) is 18.2. The van der Waals surface area contributed by atoms with Crippen molar-refractivity contribution in [3.8, 4) is 5.75 Å². The van der Waals surface area contributed by atoms with Crippen LogP contribution in [0.5, 0.6) is 5.75 Å². The predicted molar refractivity (Wildman–Crippen MR) is 104 cm³/mol. The Morgan fingerprint density at radius 3 is 2.38 bits per heavy atom. The van der Waals surface area contributed by atoms with E-state index in [2.05, 4.69) is 10.5 Å². The summed E-state index contributed by atoms with van der Waals surface area (Å²) in [5, 5.41) is 4.52. The average molecular weight is 365 g/mol. The maximum absolute atomic E-state index is 12.1. The van der Waals surface area contributed by atoms with Gasteiger partial charge in [0.05, 0.1) is 6.21 Å². The third-order valence-electron chi connectivity index (χ3n) is 3.64. The highest BCUT2D eigenvalue weighted by Crippen LogP contribution is 2.13. The fourth-order valence-corrected chi connectivity index (χ4v) is 2.43. The second-order valence-corrected chi connectivity index (χ2v) is 5.93. The number of para-hydroxylation sites is 1. The fraction of sp³-hybridized carbons (Fsp3) is 0.0476. The van der Waals surface area contributed by atoms with Crippen molar-refractivity contribution in [3.63, 3.8) is 0 Å². The molecule has 0 saturated carbocycles. The van der Waals surface area contributed by atoms with Crippen LogP contribution >= 0.6 is 11.6 Å². The van der Waals surface area contributed by atoms with Gasteiger partial charge < -0.3 is 4.74 Å². The van der Waals surface area contributed by atoms with Gasteiger partial charge in [0.2, 0.25) is 0 Å². The predicted octanol–water partition coefficient (Wildman–Crippen LogP) is 4.68. The van der Waals surface area contributed by atoms with Crippen molar-refractivity contribution < 1.29 is 9.53 Å². The topological polar surface area (TPSA) is 50.7 Å². The minimum Gasteiger partial charge on any atom is -0.489 e. The SMILES string of the molecule is O=C(N/N=C\c1ccccc1Cl)c1ccc(COc2ccccc2)cc1. The molecule has 0 aliphatic carbocycles. The van der Waals surface area contributed by atoms with E-state index in [9.17, 15) is 4.79 Å². The minimum absolute atomic E-state index is 0.288. The number of rotatable bonds is 6. The first-order valence-corrected chi connectivity index (χ1v) is 8.45. The van der Waals surface area contributed by atoms with E-state index in [-0.39, 0.29) is 5.91 Å². The first-order chi connectivity index (χ1) is 12.7. The number of halogens is 1. The van der Waals surface area contributed by atoms with Gasteiger partial charge >= 0.3 is 0 Å². The molecule has 26 heavy (non-hydrogen) atoms. The van der Waals surface area contributed by atoms with Gasteiger partial charge in [-0.3, -0.25) is 4.79 Å². The van der Waals surface area contributed by atoms with Crippen molar-refractivity contribution in [2.75, 3.05) is 0 Å². The van der Waals surface area contributed by atoms with Gasteiger partial charge in [-0.1, -0.05) is 60.1 Å². The average Bonchev–Trinajstić information content (AvgIpc) is 2.69. The number of hydrazone groups is 1. The minimum atomic E-state index is -0.288. The molecule has 0 fully saturated rings. The van der Waals surface area contributed by atoms with E-state index in [1.165, 1.54) is 6.21 Å². The number of amides is 1. The summed E-state index contributed by atoms with van der Waals surface area (Å²) in [4.78, 5) is 12.1. The van der Waals surface area contributed by atoms with Crippen molar-refractivity contribution in [2.24, 2.45) is 5.10 Å². The molecular formula is C21H17ClN2O2. The number of nitrogens with one attached hydrogen (secondary N) is 1. The van der Waals surface area contributed by atoms with Crippen molar-refractivity contribution >= 4 is 23.7 Å². The van der Waals surface area contributed by atoms with Crippen LogP contribution in [0.25, 0.3) is 0 Å². The molecule has 130 valence electrons. The third-order valence-corrected chi connectivity index (χ3v) is 3.98. The summed E-state index contributed by atoms with van der Waals surface area (Å²) in [6.45, 7) is 0.441. The molecule has 3 rings (SSSR count). The fourth-order valence-electron chi connectivity index (χ4n) is 2.24. The van der Waals surface area contributed by atoms with Gasteiger partial charge in [0.1, 0.15) is 12.4 Å². The second kappa shape index (κ2) is 8.83. The molecular weight excluding hydrogens is 348 g/mol. The summed E-state index contributed by atoms with van der Waals surface area (Å²) in [7, 11) is 0. The van der Waals surface area contributed by atoms with Crippen LogP contribution in [-0.4, -0.2) is 12.1 Å². The van der Waals surface area contributed by atoms with Crippen LogP contribution in [0, 0.1) is 0 Å². The number of nitrogens with zero attached hydrogens (tertiary/aromatic N) is 1. The molecule has 3 aromatic rings. The van der Waals surface area contributed by atoms with E-state index in [0.717, 1.165) is 16.9 Å². The van der Waals surface area contributed by atoms with Gasteiger partial charge in [0.25, 0.3) is 5.91 Å². The Bertz CT molecular complexity index is 893. The molecule has 0 aliphatic rings. The molecule has 0 heterocycles. The van der Waals surface area contributed by atoms with Crippen LogP contribution in [0.3, 0.4) is 0 Å². The van der Waals surface area contributed by atoms with E-state index in [1.807, 2.05) is 60.7 Å². The smallest absolute Gasteiger partial charge is 0.271 e. The summed E-state index contributed by atoms with van der Waals surface area (Å²) in [5.41, 5.74) is 4.73. The monoisotopic (exact) mass is 364 g/mol.